The number of hydrogen-bond acceptors (Lipinski definition) is 6. The van der Waals surface area contributed by atoms with E-state index < -0.39 is 34.2 Å². The molecule has 0 aliphatic carbocycles. The van der Waals surface area contributed by atoms with Gasteiger partial charge in [0.25, 0.3) is 10.0 Å². The van der Waals surface area contributed by atoms with Crippen LogP contribution in [0.1, 0.15) is 20.7 Å². The van der Waals surface area contributed by atoms with E-state index in [1.807, 2.05) is 0 Å². The van der Waals surface area contributed by atoms with Crippen molar-refractivity contribution in [2.75, 3.05) is 11.3 Å². The molecule has 0 unspecified atom stereocenters. The number of nitrogens with one attached hydrogen (secondary N) is 1. The Balaban J connectivity index is 1.74. The standard InChI is InChI=1S/C19H14FNO5S2/c20-15-8-3-1-6-13(15)17(22)12-26-19(23)14-7-2-4-9-16(14)21-28(24,25)18-10-5-11-27-18/h1-11,21H,12H2. The first kappa shape index (κ1) is 19.7. The number of thiophene rings is 1. The van der Waals surface area contributed by atoms with Gasteiger partial charge in [0, 0.05) is 0 Å². The second-order valence-electron chi connectivity index (χ2n) is 5.56. The molecule has 0 spiro atoms. The van der Waals surface area contributed by atoms with Crippen molar-refractivity contribution in [3.63, 3.8) is 0 Å². The molecule has 0 saturated heterocycles. The van der Waals surface area contributed by atoms with Gasteiger partial charge in [0.15, 0.2) is 6.61 Å². The lowest BCUT2D eigenvalue weighted by Crippen LogP contribution is -2.18. The van der Waals surface area contributed by atoms with Crippen LogP contribution in [0.25, 0.3) is 0 Å². The smallest absolute Gasteiger partial charge is 0.340 e. The van der Waals surface area contributed by atoms with Gasteiger partial charge in [0.2, 0.25) is 5.78 Å². The number of para-hydroxylation sites is 1. The number of ether oxygens (including phenoxy) is 1. The lowest BCUT2D eigenvalue weighted by atomic mass is 10.1. The van der Waals surface area contributed by atoms with Crippen molar-refractivity contribution in [1.29, 1.82) is 0 Å². The van der Waals surface area contributed by atoms with E-state index in [1.165, 1.54) is 42.5 Å². The number of hydrogen-bond donors (Lipinski definition) is 1. The Hall–Kier alpha value is -3.04. The summed E-state index contributed by atoms with van der Waals surface area (Å²) in [7, 11) is -3.86. The summed E-state index contributed by atoms with van der Waals surface area (Å²) < 4.78 is 45.8. The van der Waals surface area contributed by atoms with Crippen LogP contribution in [0.4, 0.5) is 10.1 Å². The summed E-state index contributed by atoms with van der Waals surface area (Å²) in [6.45, 7) is -0.675. The van der Waals surface area contributed by atoms with E-state index in [0.29, 0.717) is 0 Å². The first-order valence-corrected chi connectivity index (χ1v) is 10.3. The zero-order chi connectivity index (χ0) is 20.1. The van der Waals surface area contributed by atoms with Gasteiger partial charge in [0.05, 0.1) is 16.8 Å². The van der Waals surface area contributed by atoms with Gasteiger partial charge in [-0.05, 0) is 35.7 Å². The van der Waals surface area contributed by atoms with Gasteiger partial charge in [-0.1, -0.05) is 30.3 Å². The van der Waals surface area contributed by atoms with E-state index in [9.17, 15) is 22.4 Å². The highest BCUT2D eigenvalue weighted by atomic mass is 32.2. The fourth-order valence-electron chi connectivity index (χ4n) is 2.34. The van der Waals surface area contributed by atoms with E-state index in [0.717, 1.165) is 17.4 Å². The number of sulfonamides is 1. The van der Waals surface area contributed by atoms with Gasteiger partial charge in [-0.2, -0.15) is 0 Å². The molecule has 1 heterocycles. The minimum Gasteiger partial charge on any atom is -0.454 e. The molecule has 2 aromatic carbocycles. The van der Waals surface area contributed by atoms with Crippen LogP contribution in [-0.2, 0) is 14.8 Å². The molecule has 6 nitrogen and oxygen atoms in total. The third-order valence-corrected chi connectivity index (χ3v) is 6.42. The van der Waals surface area contributed by atoms with Gasteiger partial charge < -0.3 is 4.74 Å². The first-order chi connectivity index (χ1) is 13.4. The Morgan fingerprint density at radius 2 is 1.64 bits per heavy atom. The van der Waals surface area contributed by atoms with E-state index in [2.05, 4.69) is 4.72 Å². The highest BCUT2D eigenvalue weighted by Crippen LogP contribution is 2.23. The van der Waals surface area contributed by atoms with E-state index in [-0.39, 0.29) is 21.0 Å². The fraction of sp³-hybridized carbons (Fsp3) is 0.0526. The van der Waals surface area contributed by atoms with Crippen LogP contribution in [0.5, 0.6) is 0 Å². The first-order valence-electron chi connectivity index (χ1n) is 7.99. The van der Waals surface area contributed by atoms with Crippen LogP contribution < -0.4 is 4.72 Å². The maximum absolute atomic E-state index is 13.6. The summed E-state index contributed by atoms with van der Waals surface area (Å²) in [5.41, 5.74) is -0.245. The Labute approximate surface area is 164 Å². The molecule has 3 aromatic rings. The topological polar surface area (TPSA) is 89.5 Å². The van der Waals surface area contributed by atoms with Crippen molar-refractivity contribution in [3.8, 4) is 0 Å². The number of halogens is 1. The second kappa shape index (κ2) is 8.32. The van der Waals surface area contributed by atoms with E-state index in [4.69, 9.17) is 4.74 Å². The number of esters is 1. The zero-order valence-electron chi connectivity index (χ0n) is 14.3. The number of Topliss-reactive ketones (excluding diaryl/α,β-unsaturated/α-hetero) is 1. The van der Waals surface area contributed by atoms with Crippen molar-refractivity contribution in [3.05, 3.63) is 83.0 Å². The Morgan fingerprint density at radius 3 is 2.32 bits per heavy atom. The maximum atomic E-state index is 13.6. The molecule has 0 fully saturated rings. The van der Waals surface area contributed by atoms with Gasteiger partial charge >= 0.3 is 5.97 Å². The average molecular weight is 419 g/mol. The third kappa shape index (κ3) is 4.44. The van der Waals surface area contributed by atoms with E-state index in [1.54, 1.807) is 17.5 Å². The van der Waals surface area contributed by atoms with Crippen LogP contribution >= 0.6 is 11.3 Å². The summed E-state index contributed by atoms with van der Waals surface area (Å²) in [4.78, 5) is 24.4. The zero-order valence-corrected chi connectivity index (χ0v) is 15.9. The quantitative estimate of drug-likeness (QED) is 0.466. The van der Waals surface area contributed by atoms with Crippen LogP contribution in [0.2, 0.25) is 0 Å². The minimum atomic E-state index is -3.86. The van der Waals surface area contributed by atoms with Crippen LogP contribution in [0.15, 0.2) is 70.3 Å². The molecule has 0 atom stereocenters. The molecule has 0 aliphatic heterocycles. The summed E-state index contributed by atoms with van der Waals surface area (Å²) >= 11 is 1.03. The maximum Gasteiger partial charge on any atom is 0.340 e. The van der Waals surface area contributed by atoms with Gasteiger partial charge in [-0.15, -0.1) is 11.3 Å². The lowest BCUT2D eigenvalue weighted by Gasteiger charge is -2.11. The Bertz CT molecular complexity index is 1110. The summed E-state index contributed by atoms with van der Waals surface area (Å²) in [6, 6.07) is 14.2. The van der Waals surface area contributed by atoms with Crippen molar-refractivity contribution >= 4 is 38.8 Å². The summed E-state index contributed by atoms with van der Waals surface area (Å²) in [6.07, 6.45) is 0. The van der Waals surface area contributed by atoms with Crippen LogP contribution in [0, 0.1) is 5.82 Å². The van der Waals surface area contributed by atoms with Crippen molar-refractivity contribution in [2.24, 2.45) is 0 Å². The molecule has 9 heteroatoms. The molecular weight excluding hydrogens is 405 g/mol. The van der Waals surface area contributed by atoms with Crippen molar-refractivity contribution in [1.82, 2.24) is 0 Å². The number of carbonyl (C=O) groups excluding carboxylic acids is 2. The molecule has 1 N–H and O–H groups in total. The highest BCUT2D eigenvalue weighted by molar-refractivity contribution is 7.94. The molecule has 1 aromatic heterocycles. The van der Waals surface area contributed by atoms with Gasteiger partial charge in [-0.25, -0.2) is 17.6 Å². The number of anilines is 1. The van der Waals surface area contributed by atoms with Gasteiger partial charge in [0.1, 0.15) is 10.0 Å². The molecule has 0 radical (unpaired) electrons. The average Bonchev–Trinajstić information content (AvgIpc) is 3.22. The van der Waals surface area contributed by atoms with Gasteiger partial charge in [-0.3, -0.25) is 9.52 Å². The number of ketones is 1. The number of benzene rings is 2. The molecule has 0 amide bonds. The Morgan fingerprint density at radius 1 is 0.964 bits per heavy atom. The highest BCUT2D eigenvalue weighted by Gasteiger charge is 2.21. The van der Waals surface area contributed by atoms with Crippen molar-refractivity contribution in [2.45, 2.75) is 4.21 Å². The van der Waals surface area contributed by atoms with Crippen LogP contribution in [0.3, 0.4) is 0 Å². The number of carbonyl (C=O) groups is 2. The van der Waals surface area contributed by atoms with Crippen molar-refractivity contribution < 1.29 is 27.1 Å². The third-order valence-electron chi connectivity index (χ3n) is 3.66. The SMILES string of the molecule is O=C(COC(=O)c1ccccc1NS(=O)(=O)c1cccs1)c1ccccc1F. The Kier molecular flexibility index (Phi) is 5.86. The fourth-order valence-corrected chi connectivity index (χ4v) is 4.41. The molecular formula is C19H14FNO5S2. The van der Waals surface area contributed by atoms with Crippen LogP contribution in [-0.4, -0.2) is 26.8 Å². The molecule has 3 rings (SSSR count). The molecule has 144 valence electrons. The lowest BCUT2D eigenvalue weighted by molar-refractivity contribution is 0.0474. The normalized spacial score (nSPS) is 11.0. The summed E-state index contributed by atoms with van der Waals surface area (Å²) in [5, 5.41) is 1.61. The molecule has 28 heavy (non-hydrogen) atoms. The predicted octanol–water partition coefficient (Wildman–Crippen LogP) is 3.73. The molecule has 0 aliphatic rings. The molecule has 0 bridgehead atoms. The summed E-state index contributed by atoms with van der Waals surface area (Å²) in [5.74, 6) is -2.33. The largest absolute Gasteiger partial charge is 0.454 e. The monoisotopic (exact) mass is 419 g/mol. The minimum absolute atomic E-state index is 0.0132. The van der Waals surface area contributed by atoms with E-state index >= 15 is 0 Å². The molecule has 0 saturated carbocycles. The number of rotatable bonds is 7. The predicted molar refractivity (Wildman–Crippen MR) is 103 cm³/mol. The second-order valence-corrected chi connectivity index (χ2v) is 8.42.